The first-order chi connectivity index (χ1) is 10.6. The Hall–Kier alpha value is -0.900. The number of Topliss-reactive ketones (excluding diaryl/α,β-unsaturated/α-hetero) is 1. The van der Waals surface area contributed by atoms with Gasteiger partial charge in [-0.3, -0.25) is 4.79 Å². The van der Waals surface area contributed by atoms with Crippen LogP contribution in [0.15, 0.2) is 24.3 Å². The number of nitrogens with zero attached hydrogens (tertiary/aromatic N) is 1. The van der Waals surface area contributed by atoms with Gasteiger partial charge < -0.3 is 9.64 Å². The van der Waals surface area contributed by atoms with Crippen molar-refractivity contribution in [1.29, 1.82) is 0 Å². The first kappa shape index (κ1) is 19.1. The number of halogens is 1. The highest BCUT2D eigenvalue weighted by Crippen LogP contribution is 2.23. The molecule has 1 aliphatic rings. The molecule has 0 aromatic heterocycles. The monoisotopic (exact) mass is 325 g/mol. The molecule has 1 atom stereocenters. The Morgan fingerprint density at radius 2 is 1.82 bits per heavy atom. The van der Waals surface area contributed by atoms with E-state index in [9.17, 15) is 4.79 Å². The van der Waals surface area contributed by atoms with E-state index in [1.54, 1.807) is 6.92 Å². The molecule has 0 amide bonds. The van der Waals surface area contributed by atoms with Gasteiger partial charge in [-0.2, -0.15) is 0 Å². The Bertz CT molecular complexity index is 441. The van der Waals surface area contributed by atoms with Gasteiger partial charge >= 0.3 is 0 Å². The van der Waals surface area contributed by atoms with E-state index < -0.39 is 0 Å². The van der Waals surface area contributed by atoms with Crippen LogP contribution in [0, 0.1) is 0 Å². The predicted molar refractivity (Wildman–Crippen MR) is 92.7 cm³/mol. The second-order valence-corrected chi connectivity index (χ2v) is 5.93. The number of hydrogen-bond donors (Lipinski definition) is 0. The van der Waals surface area contributed by atoms with Crippen molar-refractivity contribution < 1.29 is 9.53 Å². The number of carbonyl (C=O) groups excluding carboxylic acids is 1. The molecule has 1 unspecified atom stereocenters. The largest absolute Gasteiger partial charge is 0.381 e. The normalized spacial score (nSPS) is 16.8. The van der Waals surface area contributed by atoms with Crippen molar-refractivity contribution in [2.24, 2.45) is 0 Å². The van der Waals surface area contributed by atoms with Crippen molar-refractivity contribution in [2.75, 3.05) is 26.8 Å². The van der Waals surface area contributed by atoms with E-state index in [-0.39, 0.29) is 11.7 Å². The number of hydrogen-bond acceptors (Lipinski definition) is 3. The third kappa shape index (κ3) is 5.71. The topological polar surface area (TPSA) is 29.5 Å². The molecule has 1 aromatic carbocycles. The molecule has 2 rings (SSSR count). The summed E-state index contributed by atoms with van der Waals surface area (Å²) in [7, 11) is 2.10. The number of ketones is 1. The molecule has 0 spiro atoms. The van der Waals surface area contributed by atoms with Crippen LogP contribution < -0.4 is 0 Å². The van der Waals surface area contributed by atoms with Gasteiger partial charge in [-0.15, -0.1) is 0 Å². The van der Waals surface area contributed by atoms with E-state index in [1.165, 1.54) is 0 Å². The van der Waals surface area contributed by atoms with Crippen LogP contribution in [-0.2, 0) is 9.53 Å². The standard InChI is InChI=1S/C16H22ClNO2.C2H6/c1-12(19)16(13-3-5-14(17)6-4-13)11-18(2)15-7-9-20-10-8-15;1-2/h3-6,15-16H,7-11H2,1-2H3;1-2H3. The zero-order chi connectivity index (χ0) is 16.5. The summed E-state index contributed by atoms with van der Waals surface area (Å²) in [5.74, 6) is 0.117. The summed E-state index contributed by atoms with van der Waals surface area (Å²) in [5, 5.41) is 0.703. The highest BCUT2D eigenvalue weighted by atomic mass is 35.5. The molecule has 4 heteroatoms. The Kier molecular flexibility index (Phi) is 8.69. The average molecular weight is 326 g/mol. The molecule has 124 valence electrons. The van der Waals surface area contributed by atoms with Crippen molar-refractivity contribution in [3.63, 3.8) is 0 Å². The zero-order valence-corrected chi connectivity index (χ0v) is 14.9. The number of ether oxygens (including phenoxy) is 1. The van der Waals surface area contributed by atoms with Gasteiger partial charge in [0.15, 0.2) is 0 Å². The van der Waals surface area contributed by atoms with Crippen molar-refractivity contribution in [3.8, 4) is 0 Å². The summed E-state index contributed by atoms with van der Waals surface area (Å²) in [6.45, 7) is 8.06. The first-order valence-electron chi connectivity index (χ1n) is 8.12. The van der Waals surface area contributed by atoms with Crippen LogP contribution >= 0.6 is 11.6 Å². The van der Waals surface area contributed by atoms with E-state index >= 15 is 0 Å². The minimum atomic E-state index is -0.0832. The van der Waals surface area contributed by atoms with E-state index in [2.05, 4.69) is 11.9 Å². The summed E-state index contributed by atoms with van der Waals surface area (Å²) < 4.78 is 5.39. The van der Waals surface area contributed by atoms with Crippen LogP contribution in [0.4, 0.5) is 0 Å². The van der Waals surface area contributed by atoms with E-state index in [4.69, 9.17) is 16.3 Å². The summed E-state index contributed by atoms with van der Waals surface area (Å²) >= 11 is 5.91. The molecule has 0 radical (unpaired) electrons. The van der Waals surface area contributed by atoms with Crippen molar-refractivity contribution in [2.45, 2.75) is 45.6 Å². The van der Waals surface area contributed by atoms with Crippen molar-refractivity contribution >= 4 is 17.4 Å². The van der Waals surface area contributed by atoms with E-state index in [0.29, 0.717) is 11.1 Å². The minimum Gasteiger partial charge on any atom is -0.381 e. The van der Waals surface area contributed by atoms with Gasteiger partial charge in [0.05, 0.1) is 5.92 Å². The van der Waals surface area contributed by atoms with Gasteiger partial charge in [0, 0.05) is 30.8 Å². The lowest BCUT2D eigenvalue weighted by Gasteiger charge is -2.33. The second kappa shape index (κ2) is 9.98. The molecule has 0 aliphatic carbocycles. The fourth-order valence-corrected chi connectivity index (χ4v) is 2.85. The van der Waals surface area contributed by atoms with Gasteiger partial charge in [-0.05, 0) is 44.5 Å². The number of rotatable bonds is 5. The molecular formula is C18H28ClNO2. The summed E-state index contributed by atoms with van der Waals surface area (Å²) in [6.07, 6.45) is 2.09. The summed E-state index contributed by atoms with van der Waals surface area (Å²) in [5.41, 5.74) is 1.04. The maximum atomic E-state index is 12.0. The van der Waals surface area contributed by atoms with Crippen LogP contribution in [0.3, 0.4) is 0 Å². The molecule has 22 heavy (non-hydrogen) atoms. The summed E-state index contributed by atoms with van der Waals surface area (Å²) in [4.78, 5) is 14.3. The lowest BCUT2D eigenvalue weighted by molar-refractivity contribution is -0.119. The van der Waals surface area contributed by atoms with Gasteiger partial charge in [0.2, 0.25) is 0 Å². The Labute approximate surface area is 139 Å². The maximum absolute atomic E-state index is 12.0. The zero-order valence-electron chi connectivity index (χ0n) is 14.1. The van der Waals surface area contributed by atoms with Crippen LogP contribution in [-0.4, -0.2) is 43.5 Å². The quantitative estimate of drug-likeness (QED) is 0.814. The Morgan fingerprint density at radius 3 is 2.32 bits per heavy atom. The minimum absolute atomic E-state index is 0.0832. The molecule has 1 heterocycles. The van der Waals surface area contributed by atoms with Crippen molar-refractivity contribution in [3.05, 3.63) is 34.9 Å². The molecule has 1 saturated heterocycles. The van der Waals surface area contributed by atoms with E-state index in [1.807, 2.05) is 38.1 Å². The smallest absolute Gasteiger partial charge is 0.138 e. The highest BCUT2D eigenvalue weighted by Gasteiger charge is 2.24. The first-order valence-corrected chi connectivity index (χ1v) is 8.49. The van der Waals surface area contributed by atoms with Crippen LogP contribution in [0.25, 0.3) is 0 Å². The highest BCUT2D eigenvalue weighted by molar-refractivity contribution is 6.30. The lowest BCUT2D eigenvalue weighted by Crippen LogP contribution is -2.40. The third-order valence-electron chi connectivity index (χ3n) is 4.05. The average Bonchev–Trinajstić information content (AvgIpc) is 2.56. The van der Waals surface area contributed by atoms with Crippen molar-refractivity contribution in [1.82, 2.24) is 4.90 Å². The van der Waals surface area contributed by atoms with Gasteiger partial charge in [-0.25, -0.2) is 0 Å². The van der Waals surface area contributed by atoms with Gasteiger partial charge in [-0.1, -0.05) is 37.6 Å². The molecular weight excluding hydrogens is 298 g/mol. The fraction of sp³-hybridized carbons (Fsp3) is 0.611. The van der Waals surface area contributed by atoms with Gasteiger partial charge in [0.25, 0.3) is 0 Å². The molecule has 1 aliphatic heterocycles. The Morgan fingerprint density at radius 1 is 1.27 bits per heavy atom. The number of benzene rings is 1. The molecule has 0 saturated carbocycles. The Balaban J connectivity index is 0.00000116. The predicted octanol–water partition coefficient (Wildman–Crippen LogP) is 4.15. The lowest BCUT2D eigenvalue weighted by atomic mass is 9.94. The molecule has 1 aromatic rings. The van der Waals surface area contributed by atoms with Crippen LogP contribution in [0.1, 0.15) is 45.1 Å². The summed E-state index contributed by atoms with van der Waals surface area (Å²) in [6, 6.07) is 8.11. The van der Waals surface area contributed by atoms with E-state index in [0.717, 1.165) is 38.2 Å². The molecule has 0 bridgehead atoms. The SMILES string of the molecule is CC.CC(=O)C(CN(C)C1CCOCC1)c1ccc(Cl)cc1. The molecule has 1 fully saturated rings. The number of likely N-dealkylation sites (N-methyl/N-ethyl adjacent to an activating group) is 1. The maximum Gasteiger partial charge on any atom is 0.138 e. The third-order valence-corrected chi connectivity index (χ3v) is 4.30. The van der Waals surface area contributed by atoms with Gasteiger partial charge in [0.1, 0.15) is 5.78 Å². The number of carbonyl (C=O) groups is 1. The molecule has 0 N–H and O–H groups in total. The van der Waals surface area contributed by atoms with Crippen LogP contribution in [0.5, 0.6) is 0 Å². The molecule has 3 nitrogen and oxygen atoms in total. The second-order valence-electron chi connectivity index (χ2n) is 5.50. The fourth-order valence-electron chi connectivity index (χ4n) is 2.73. The van der Waals surface area contributed by atoms with Crippen LogP contribution in [0.2, 0.25) is 5.02 Å².